The second-order valence-corrected chi connectivity index (χ2v) is 8.25. The predicted molar refractivity (Wildman–Crippen MR) is 108 cm³/mol. The van der Waals surface area contributed by atoms with Crippen molar-refractivity contribution in [1.29, 1.82) is 0 Å². The lowest BCUT2D eigenvalue weighted by Gasteiger charge is -2.18. The summed E-state index contributed by atoms with van der Waals surface area (Å²) in [6.45, 7) is 4.79. The van der Waals surface area contributed by atoms with Crippen LogP contribution in [0.4, 0.5) is 4.39 Å². The molecule has 0 heterocycles. The first-order valence-electron chi connectivity index (χ1n) is 9.05. The number of likely N-dealkylation sites (N-methyl/N-ethyl adjacent to an activating group) is 1. The average molecular weight is 405 g/mol. The van der Waals surface area contributed by atoms with Crippen LogP contribution < -0.4 is 0 Å². The number of hydrogen-bond acceptors (Lipinski definition) is 3. The number of amides is 1. The van der Waals surface area contributed by atoms with Crippen LogP contribution in [0.2, 0.25) is 0 Å². The standard InChI is InChI=1S/C21H25FN2O3S/c1-4-24(5-2)28(26,27)20-13-8-17(9-14-20)10-15-21(25)23(3)16-18-6-11-19(22)12-7-18/h6-15H,4-5,16H2,1-3H3/b15-10+. The summed E-state index contributed by atoms with van der Waals surface area (Å²) in [6.07, 6.45) is 3.06. The van der Waals surface area contributed by atoms with Crippen LogP contribution in [0.3, 0.4) is 0 Å². The Morgan fingerprint density at radius 1 is 1.00 bits per heavy atom. The van der Waals surface area contributed by atoms with Gasteiger partial charge in [0.2, 0.25) is 15.9 Å². The molecule has 0 fully saturated rings. The second-order valence-electron chi connectivity index (χ2n) is 6.31. The maximum Gasteiger partial charge on any atom is 0.246 e. The smallest absolute Gasteiger partial charge is 0.246 e. The van der Waals surface area contributed by atoms with E-state index in [0.717, 1.165) is 11.1 Å². The van der Waals surface area contributed by atoms with E-state index in [9.17, 15) is 17.6 Å². The van der Waals surface area contributed by atoms with E-state index in [4.69, 9.17) is 0 Å². The Labute approximate surface area is 166 Å². The summed E-state index contributed by atoms with van der Waals surface area (Å²) in [5, 5.41) is 0. The Hall–Kier alpha value is -2.51. The zero-order chi connectivity index (χ0) is 20.7. The number of benzene rings is 2. The van der Waals surface area contributed by atoms with Crippen molar-refractivity contribution in [2.75, 3.05) is 20.1 Å². The molecular weight excluding hydrogens is 379 g/mol. The molecule has 0 atom stereocenters. The Morgan fingerprint density at radius 2 is 1.57 bits per heavy atom. The molecule has 0 bridgehead atoms. The Kier molecular flexibility index (Phi) is 7.48. The van der Waals surface area contributed by atoms with Crippen molar-refractivity contribution < 1.29 is 17.6 Å². The van der Waals surface area contributed by atoms with Crippen molar-refractivity contribution in [2.24, 2.45) is 0 Å². The van der Waals surface area contributed by atoms with Crippen molar-refractivity contribution in [1.82, 2.24) is 9.21 Å². The van der Waals surface area contributed by atoms with Crippen LogP contribution in [0.1, 0.15) is 25.0 Å². The minimum absolute atomic E-state index is 0.204. The Balaban J connectivity index is 2.03. The first-order chi connectivity index (χ1) is 13.3. The number of halogens is 1. The number of sulfonamides is 1. The van der Waals surface area contributed by atoms with E-state index in [1.54, 1.807) is 63.4 Å². The van der Waals surface area contributed by atoms with E-state index in [1.807, 2.05) is 0 Å². The van der Waals surface area contributed by atoms with Crippen molar-refractivity contribution in [2.45, 2.75) is 25.3 Å². The van der Waals surface area contributed by atoms with Crippen molar-refractivity contribution >= 4 is 22.0 Å². The summed E-state index contributed by atoms with van der Waals surface area (Å²) in [7, 11) is -1.83. The van der Waals surface area contributed by atoms with Crippen LogP contribution in [-0.4, -0.2) is 43.7 Å². The van der Waals surface area contributed by atoms with E-state index in [2.05, 4.69) is 0 Å². The van der Waals surface area contributed by atoms with Gasteiger partial charge in [-0.25, -0.2) is 12.8 Å². The van der Waals surface area contributed by atoms with Crippen molar-refractivity contribution in [3.05, 3.63) is 71.6 Å². The zero-order valence-electron chi connectivity index (χ0n) is 16.3. The first-order valence-corrected chi connectivity index (χ1v) is 10.5. The highest BCUT2D eigenvalue weighted by molar-refractivity contribution is 7.89. The van der Waals surface area contributed by atoms with Gasteiger partial charge in [0.1, 0.15) is 5.82 Å². The third-order valence-electron chi connectivity index (χ3n) is 4.35. The molecule has 2 aromatic rings. The van der Waals surface area contributed by atoms with E-state index < -0.39 is 10.0 Å². The van der Waals surface area contributed by atoms with Gasteiger partial charge in [0, 0.05) is 32.8 Å². The maximum atomic E-state index is 12.9. The second kappa shape index (κ2) is 9.61. The van der Waals surface area contributed by atoms with Crippen LogP contribution >= 0.6 is 0 Å². The molecule has 0 unspecified atom stereocenters. The van der Waals surface area contributed by atoms with E-state index in [0.29, 0.717) is 19.6 Å². The summed E-state index contributed by atoms with van der Waals surface area (Å²) in [5.41, 5.74) is 1.55. The highest BCUT2D eigenvalue weighted by Gasteiger charge is 2.20. The van der Waals surface area contributed by atoms with E-state index in [-0.39, 0.29) is 16.6 Å². The largest absolute Gasteiger partial charge is 0.338 e. The summed E-state index contributed by atoms with van der Waals surface area (Å²) < 4.78 is 39.3. The highest BCUT2D eigenvalue weighted by Crippen LogP contribution is 2.17. The maximum absolute atomic E-state index is 12.9. The van der Waals surface area contributed by atoms with Gasteiger partial charge in [-0.05, 0) is 41.5 Å². The third kappa shape index (κ3) is 5.50. The Bertz CT molecular complexity index is 919. The molecule has 0 saturated heterocycles. The quantitative estimate of drug-likeness (QED) is 0.633. The van der Waals surface area contributed by atoms with Crippen LogP contribution in [0.5, 0.6) is 0 Å². The van der Waals surface area contributed by atoms with Gasteiger partial charge in [0.15, 0.2) is 0 Å². The lowest BCUT2D eigenvalue weighted by molar-refractivity contribution is -0.125. The summed E-state index contributed by atoms with van der Waals surface area (Å²) in [5.74, 6) is -0.520. The summed E-state index contributed by atoms with van der Waals surface area (Å²) >= 11 is 0. The van der Waals surface area contributed by atoms with Gasteiger partial charge in [-0.3, -0.25) is 4.79 Å². The van der Waals surface area contributed by atoms with Crippen LogP contribution in [0.25, 0.3) is 6.08 Å². The predicted octanol–water partition coefficient (Wildman–Crippen LogP) is 3.53. The minimum atomic E-state index is -3.49. The molecule has 28 heavy (non-hydrogen) atoms. The van der Waals surface area contributed by atoms with Gasteiger partial charge < -0.3 is 4.90 Å². The normalized spacial score (nSPS) is 11.9. The molecule has 5 nitrogen and oxygen atoms in total. The molecular formula is C21H25FN2O3S. The number of carbonyl (C=O) groups excluding carboxylic acids is 1. The molecule has 2 aromatic carbocycles. The van der Waals surface area contributed by atoms with Gasteiger partial charge in [0.25, 0.3) is 0 Å². The molecule has 150 valence electrons. The third-order valence-corrected chi connectivity index (χ3v) is 6.41. The minimum Gasteiger partial charge on any atom is -0.338 e. The molecule has 0 aromatic heterocycles. The molecule has 0 aliphatic heterocycles. The van der Waals surface area contributed by atoms with E-state index in [1.165, 1.54) is 27.4 Å². The first kappa shape index (κ1) is 21.8. The molecule has 7 heteroatoms. The Morgan fingerprint density at radius 3 is 2.11 bits per heavy atom. The highest BCUT2D eigenvalue weighted by atomic mass is 32.2. The lowest BCUT2D eigenvalue weighted by atomic mass is 10.2. The fourth-order valence-electron chi connectivity index (χ4n) is 2.70. The fourth-order valence-corrected chi connectivity index (χ4v) is 4.16. The topological polar surface area (TPSA) is 57.7 Å². The SMILES string of the molecule is CCN(CC)S(=O)(=O)c1ccc(/C=C/C(=O)N(C)Cc2ccc(F)cc2)cc1. The van der Waals surface area contributed by atoms with Gasteiger partial charge in [0.05, 0.1) is 4.90 Å². The lowest BCUT2D eigenvalue weighted by Crippen LogP contribution is -2.30. The van der Waals surface area contributed by atoms with Gasteiger partial charge >= 0.3 is 0 Å². The molecule has 0 N–H and O–H groups in total. The van der Waals surface area contributed by atoms with Gasteiger partial charge in [-0.2, -0.15) is 4.31 Å². The molecule has 1 amide bonds. The monoisotopic (exact) mass is 404 g/mol. The van der Waals surface area contributed by atoms with E-state index >= 15 is 0 Å². The molecule has 0 aliphatic carbocycles. The van der Waals surface area contributed by atoms with Crippen LogP contribution in [-0.2, 0) is 21.4 Å². The fraction of sp³-hybridized carbons (Fsp3) is 0.286. The molecule has 0 spiro atoms. The number of rotatable bonds is 8. The van der Waals surface area contributed by atoms with Crippen LogP contribution in [0, 0.1) is 5.82 Å². The average Bonchev–Trinajstić information content (AvgIpc) is 2.69. The van der Waals surface area contributed by atoms with Crippen LogP contribution in [0.15, 0.2) is 59.5 Å². The molecule has 0 aliphatic rings. The van der Waals surface area contributed by atoms with Crippen molar-refractivity contribution in [3.63, 3.8) is 0 Å². The molecule has 0 saturated carbocycles. The summed E-state index contributed by atoms with van der Waals surface area (Å²) in [6, 6.07) is 12.4. The molecule has 2 rings (SSSR count). The number of carbonyl (C=O) groups is 1. The van der Waals surface area contributed by atoms with Crippen molar-refractivity contribution in [3.8, 4) is 0 Å². The van der Waals surface area contributed by atoms with Gasteiger partial charge in [-0.1, -0.05) is 38.1 Å². The summed E-state index contributed by atoms with van der Waals surface area (Å²) in [4.78, 5) is 14.0. The zero-order valence-corrected chi connectivity index (χ0v) is 17.1. The number of hydrogen-bond donors (Lipinski definition) is 0. The van der Waals surface area contributed by atoms with Gasteiger partial charge in [-0.15, -0.1) is 0 Å². The number of nitrogens with zero attached hydrogens (tertiary/aromatic N) is 2. The molecule has 0 radical (unpaired) electrons.